The fourth-order valence-electron chi connectivity index (χ4n) is 1.31. The maximum atomic E-state index is 12.0. The fraction of sp³-hybridized carbons (Fsp3) is 0.750. The molecular weight excluding hydrogens is 169 g/mol. The minimum Gasteiger partial charge on any atom is -0.396 e. The van der Waals surface area contributed by atoms with Gasteiger partial charge in [-0.05, 0) is 25.2 Å². The van der Waals surface area contributed by atoms with Gasteiger partial charge in [0.2, 0.25) is 0 Å². The monoisotopic (exact) mass is 180 g/mol. The molecule has 0 heterocycles. The van der Waals surface area contributed by atoms with Gasteiger partial charge in [0.25, 0.3) is 0 Å². The quantitative estimate of drug-likeness (QED) is 0.614. The number of rotatable bonds is 1. The number of hydrogen-bond acceptors (Lipinski definition) is 1. The molecule has 0 bridgehead atoms. The summed E-state index contributed by atoms with van der Waals surface area (Å²) in [4.78, 5) is 0. The highest BCUT2D eigenvalue weighted by atomic mass is 19.4. The van der Waals surface area contributed by atoms with E-state index in [1.54, 1.807) is 0 Å². The minimum absolute atomic E-state index is 0.0123. The van der Waals surface area contributed by atoms with Crippen molar-refractivity contribution in [2.24, 2.45) is 5.92 Å². The first-order valence-electron chi connectivity index (χ1n) is 3.91. The molecule has 1 unspecified atom stereocenters. The molecule has 12 heavy (non-hydrogen) atoms. The number of hydrogen-bond donors (Lipinski definition) is 1. The predicted molar refractivity (Wildman–Crippen MR) is 38.6 cm³/mol. The highest BCUT2D eigenvalue weighted by Gasteiger charge is 2.34. The van der Waals surface area contributed by atoms with Crippen LogP contribution in [0.5, 0.6) is 0 Å². The first kappa shape index (κ1) is 9.58. The molecule has 70 valence electrons. The van der Waals surface area contributed by atoms with Gasteiger partial charge in [-0.1, -0.05) is 6.08 Å². The molecule has 1 aliphatic rings. The first-order valence-corrected chi connectivity index (χ1v) is 3.91. The maximum absolute atomic E-state index is 12.0. The van der Waals surface area contributed by atoms with Crippen LogP contribution in [-0.2, 0) is 0 Å². The van der Waals surface area contributed by atoms with Crippen LogP contribution in [-0.4, -0.2) is 17.9 Å². The van der Waals surface area contributed by atoms with Crippen molar-refractivity contribution < 1.29 is 18.3 Å². The predicted octanol–water partition coefficient (Wildman–Crippen LogP) is 2.27. The number of alkyl halides is 3. The van der Waals surface area contributed by atoms with Gasteiger partial charge in [-0.15, -0.1) is 0 Å². The van der Waals surface area contributed by atoms with E-state index < -0.39 is 11.7 Å². The number of halogens is 3. The second-order valence-electron chi connectivity index (χ2n) is 3.05. The Morgan fingerprint density at radius 3 is 2.50 bits per heavy atom. The Morgan fingerprint density at radius 1 is 1.50 bits per heavy atom. The topological polar surface area (TPSA) is 20.2 Å². The van der Waals surface area contributed by atoms with E-state index in [-0.39, 0.29) is 18.9 Å². The molecule has 0 fully saturated rings. The second-order valence-corrected chi connectivity index (χ2v) is 3.05. The number of aliphatic hydroxyl groups excluding tert-OH is 1. The van der Waals surface area contributed by atoms with Crippen LogP contribution in [0.2, 0.25) is 0 Å². The van der Waals surface area contributed by atoms with Crippen LogP contribution in [0.3, 0.4) is 0 Å². The van der Waals surface area contributed by atoms with Crippen molar-refractivity contribution in [3.8, 4) is 0 Å². The van der Waals surface area contributed by atoms with E-state index in [4.69, 9.17) is 5.11 Å². The molecule has 0 aliphatic heterocycles. The van der Waals surface area contributed by atoms with E-state index in [9.17, 15) is 13.2 Å². The lowest BCUT2D eigenvalue weighted by Gasteiger charge is -2.21. The maximum Gasteiger partial charge on any atom is 0.412 e. The Hall–Kier alpha value is -0.510. The molecule has 0 spiro atoms. The highest BCUT2D eigenvalue weighted by molar-refractivity contribution is 5.12. The van der Waals surface area contributed by atoms with Crippen molar-refractivity contribution >= 4 is 0 Å². The van der Waals surface area contributed by atoms with Crippen molar-refractivity contribution in [2.75, 3.05) is 6.61 Å². The van der Waals surface area contributed by atoms with Crippen molar-refractivity contribution in [1.82, 2.24) is 0 Å². The van der Waals surface area contributed by atoms with Crippen molar-refractivity contribution in [1.29, 1.82) is 0 Å². The van der Waals surface area contributed by atoms with Crippen LogP contribution in [0.15, 0.2) is 11.6 Å². The molecule has 4 heteroatoms. The van der Waals surface area contributed by atoms with Crippen LogP contribution in [0.25, 0.3) is 0 Å². The van der Waals surface area contributed by atoms with Gasteiger partial charge in [-0.3, -0.25) is 0 Å². The lowest BCUT2D eigenvalue weighted by Crippen LogP contribution is -2.18. The Labute approximate surface area is 68.9 Å². The van der Waals surface area contributed by atoms with Crippen LogP contribution in [0.1, 0.15) is 19.3 Å². The third-order valence-electron chi connectivity index (χ3n) is 2.14. The molecule has 1 nitrogen and oxygen atoms in total. The molecule has 1 aliphatic carbocycles. The Kier molecular flexibility index (Phi) is 2.77. The van der Waals surface area contributed by atoms with E-state index in [1.165, 1.54) is 6.08 Å². The number of allylic oxidation sites excluding steroid dienone is 2. The van der Waals surface area contributed by atoms with Gasteiger partial charge in [0, 0.05) is 12.2 Å². The third kappa shape index (κ3) is 2.24. The summed E-state index contributed by atoms with van der Waals surface area (Å²) in [6.07, 6.45) is -2.12. The summed E-state index contributed by atoms with van der Waals surface area (Å²) in [5.41, 5.74) is -0.438. The Morgan fingerprint density at radius 2 is 2.17 bits per heavy atom. The molecule has 0 saturated heterocycles. The van der Waals surface area contributed by atoms with E-state index in [2.05, 4.69) is 0 Å². The molecule has 0 saturated carbocycles. The van der Waals surface area contributed by atoms with E-state index in [1.807, 2.05) is 0 Å². The zero-order valence-corrected chi connectivity index (χ0v) is 6.56. The van der Waals surface area contributed by atoms with E-state index in [0.29, 0.717) is 12.8 Å². The summed E-state index contributed by atoms with van der Waals surface area (Å²) in [6.45, 7) is -0.0123. The zero-order chi connectivity index (χ0) is 9.19. The smallest absolute Gasteiger partial charge is 0.396 e. The Bertz CT molecular complexity index is 183. The minimum atomic E-state index is -4.17. The van der Waals surface area contributed by atoms with Gasteiger partial charge in [0.05, 0.1) is 0 Å². The van der Waals surface area contributed by atoms with Crippen LogP contribution in [0, 0.1) is 5.92 Å². The van der Waals surface area contributed by atoms with E-state index >= 15 is 0 Å². The normalized spacial score (nSPS) is 25.3. The molecule has 1 N–H and O–H groups in total. The Balaban J connectivity index is 2.56. The van der Waals surface area contributed by atoms with Gasteiger partial charge >= 0.3 is 6.18 Å². The molecule has 0 aromatic carbocycles. The summed E-state index contributed by atoms with van der Waals surface area (Å²) in [5.74, 6) is 0.0242. The molecule has 0 aromatic heterocycles. The van der Waals surface area contributed by atoms with Gasteiger partial charge in [-0.2, -0.15) is 13.2 Å². The van der Waals surface area contributed by atoms with Gasteiger partial charge < -0.3 is 5.11 Å². The van der Waals surface area contributed by atoms with Crippen LogP contribution >= 0.6 is 0 Å². The summed E-state index contributed by atoms with van der Waals surface area (Å²) < 4.78 is 36.1. The SMILES string of the molecule is OCC1CC=C(C(F)(F)F)CC1. The zero-order valence-electron chi connectivity index (χ0n) is 6.56. The van der Waals surface area contributed by atoms with E-state index in [0.717, 1.165) is 0 Å². The van der Waals surface area contributed by atoms with Crippen LogP contribution in [0.4, 0.5) is 13.2 Å². The summed E-state index contributed by atoms with van der Waals surface area (Å²) in [7, 11) is 0. The molecular formula is C8H11F3O. The average Bonchev–Trinajstić information content (AvgIpc) is 2.03. The van der Waals surface area contributed by atoms with Gasteiger partial charge in [0.1, 0.15) is 0 Å². The van der Waals surface area contributed by atoms with Crippen LogP contribution < -0.4 is 0 Å². The third-order valence-corrected chi connectivity index (χ3v) is 2.14. The first-order chi connectivity index (χ1) is 5.54. The second kappa shape index (κ2) is 3.47. The summed E-state index contributed by atoms with van der Waals surface area (Å²) >= 11 is 0. The molecule has 0 amide bonds. The average molecular weight is 180 g/mol. The fourth-order valence-corrected chi connectivity index (χ4v) is 1.31. The summed E-state index contributed by atoms with van der Waals surface area (Å²) in [6, 6.07) is 0. The van der Waals surface area contributed by atoms with Gasteiger partial charge in [0.15, 0.2) is 0 Å². The number of aliphatic hydroxyl groups is 1. The van der Waals surface area contributed by atoms with Crippen molar-refractivity contribution in [2.45, 2.75) is 25.4 Å². The molecule has 1 rings (SSSR count). The molecule has 0 radical (unpaired) electrons. The molecule has 0 aromatic rings. The highest BCUT2D eigenvalue weighted by Crippen LogP contribution is 2.34. The standard InChI is InChI=1S/C8H11F3O/c9-8(10,11)7-3-1-6(5-12)2-4-7/h3,6,12H,1-2,4-5H2. The largest absolute Gasteiger partial charge is 0.412 e. The summed E-state index contributed by atoms with van der Waals surface area (Å²) in [5, 5.41) is 8.67. The van der Waals surface area contributed by atoms with Gasteiger partial charge in [-0.25, -0.2) is 0 Å². The lowest BCUT2D eigenvalue weighted by atomic mass is 9.90. The molecule has 1 atom stereocenters. The van der Waals surface area contributed by atoms with Crippen molar-refractivity contribution in [3.05, 3.63) is 11.6 Å². The lowest BCUT2D eigenvalue weighted by molar-refractivity contribution is -0.0958. The van der Waals surface area contributed by atoms with Crippen molar-refractivity contribution in [3.63, 3.8) is 0 Å².